The fourth-order valence-corrected chi connectivity index (χ4v) is 6.57. The summed E-state index contributed by atoms with van der Waals surface area (Å²) in [7, 11) is -0.240. The number of allylic oxidation sites excluding steroid dienone is 4. The zero-order chi connectivity index (χ0) is 11.7. The summed E-state index contributed by atoms with van der Waals surface area (Å²) in [5.41, 5.74) is 6.15. The van der Waals surface area contributed by atoms with E-state index in [-0.39, 0.29) is 13.3 Å². The van der Waals surface area contributed by atoms with E-state index in [9.17, 15) is 0 Å². The van der Waals surface area contributed by atoms with E-state index in [1.807, 2.05) is 0 Å². The van der Waals surface area contributed by atoms with E-state index >= 15 is 0 Å². The normalized spacial score (nSPS) is 34.7. The highest BCUT2D eigenvalue weighted by atomic mass is 31.2. The average Bonchev–Trinajstić information content (AvgIpc) is 2.96. The first-order chi connectivity index (χ1) is 7.43. The highest BCUT2D eigenvalue weighted by Crippen LogP contribution is 2.86. The van der Waals surface area contributed by atoms with E-state index in [1.165, 1.54) is 30.4 Å². The zero-order valence-electron chi connectivity index (χ0n) is 11.0. The Morgan fingerprint density at radius 3 is 1.81 bits per heavy atom. The lowest BCUT2D eigenvalue weighted by atomic mass is 9.95. The maximum Gasteiger partial charge on any atom is 0.117 e. The lowest BCUT2D eigenvalue weighted by molar-refractivity contribution is 0.202. The Balaban J connectivity index is 2.00. The Morgan fingerprint density at radius 2 is 1.50 bits per heavy atom. The van der Waals surface area contributed by atoms with Gasteiger partial charge in [0.1, 0.15) is 5.34 Å². The van der Waals surface area contributed by atoms with Crippen molar-refractivity contribution in [2.45, 2.75) is 64.4 Å². The largest absolute Gasteiger partial charge is 0.342 e. The molecule has 0 aromatic carbocycles. The van der Waals surface area contributed by atoms with Crippen LogP contribution in [0.2, 0.25) is 0 Å². The van der Waals surface area contributed by atoms with Gasteiger partial charge < -0.3 is 4.52 Å². The van der Waals surface area contributed by atoms with Gasteiger partial charge in [0.15, 0.2) is 0 Å². The molecule has 1 saturated carbocycles. The fourth-order valence-electron chi connectivity index (χ4n) is 3.30. The van der Waals surface area contributed by atoms with Crippen molar-refractivity contribution in [3.05, 3.63) is 22.3 Å². The van der Waals surface area contributed by atoms with Crippen molar-refractivity contribution in [1.82, 2.24) is 0 Å². The van der Waals surface area contributed by atoms with Crippen LogP contribution in [-0.4, -0.2) is 10.5 Å². The molecule has 2 heteroatoms. The third-order valence-electron chi connectivity index (χ3n) is 5.29. The summed E-state index contributed by atoms with van der Waals surface area (Å²) >= 11 is 0. The molecule has 3 aliphatic rings. The molecule has 2 aliphatic carbocycles. The molecule has 1 nitrogen and oxygen atoms in total. The first kappa shape index (κ1) is 11.0. The van der Waals surface area contributed by atoms with Crippen molar-refractivity contribution < 1.29 is 4.52 Å². The van der Waals surface area contributed by atoms with Crippen molar-refractivity contribution in [2.24, 2.45) is 0 Å². The van der Waals surface area contributed by atoms with Gasteiger partial charge in [0.25, 0.3) is 0 Å². The van der Waals surface area contributed by atoms with Crippen molar-refractivity contribution in [1.29, 1.82) is 0 Å². The molecule has 3 rings (SSSR count). The SMILES string of the molecule is CC1=C(C)C(C)(P2OC23CCC3)C(C)=C1C. The predicted molar refractivity (Wildman–Crippen MR) is 69.7 cm³/mol. The fraction of sp³-hybridized carbons (Fsp3) is 0.714. The van der Waals surface area contributed by atoms with Gasteiger partial charge in [-0.1, -0.05) is 11.1 Å². The lowest BCUT2D eigenvalue weighted by Crippen LogP contribution is -2.26. The molecule has 0 aromatic rings. The van der Waals surface area contributed by atoms with Crippen molar-refractivity contribution in [2.75, 3.05) is 0 Å². The second-order valence-corrected chi connectivity index (χ2v) is 8.24. The van der Waals surface area contributed by atoms with Crippen LogP contribution in [0, 0.1) is 0 Å². The third kappa shape index (κ3) is 1.05. The molecule has 0 amide bonds. The van der Waals surface area contributed by atoms with Gasteiger partial charge in [-0.05, 0) is 65.0 Å². The van der Waals surface area contributed by atoms with Crippen LogP contribution in [0.4, 0.5) is 0 Å². The maximum atomic E-state index is 6.16. The Kier molecular flexibility index (Phi) is 2.06. The minimum Gasteiger partial charge on any atom is -0.342 e. The summed E-state index contributed by atoms with van der Waals surface area (Å²) in [4.78, 5) is 0. The van der Waals surface area contributed by atoms with E-state index in [1.54, 1.807) is 11.1 Å². The highest BCUT2D eigenvalue weighted by Gasteiger charge is 2.68. The van der Waals surface area contributed by atoms with Gasteiger partial charge in [-0.25, -0.2) is 0 Å². The molecule has 1 heterocycles. The summed E-state index contributed by atoms with van der Waals surface area (Å²) in [5, 5.41) is 0.599. The van der Waals surface area contributed by atoms with Gasteiger partial charge in [0.2, 0.25) is 0 Å². The highest BCUT2D eigenvalue weighted by molar-refractivity contribution is 7.62. The first-order valence-corrected chi connectivity index (χ1v) is 7.55. The van der Waals surface area contributed by atoms with E-state index in [2.05, 4.69) is 34.6 Å². The minimum atomic E-state index is -0.240. The van der Waals surface area contributed by atoms with Gasteiger partial charge in [-0.3, -0.25) is 0 Å². The summed E-state index contributed by atoms with van der Waals surface area (Å²) in [5.74, 6) is 0. The van der Waals surface area contributed by atoms with Gasteiger partial charge in [-0.2, -0.15) is 0 Å². The Morgan fingerprint density at radius 1 is 1.00 bits per heavy atom. The molecular weight excluding hydrogens is 215 g/mol. The molecule has 2 fully saturated rings. The van der Waals surface area contributed by atoms with E-state index < -0.39 is 0 Å². The van der Waals surface area contributed by atoms with Gasteiger partial charge in [-0.15, -0.1) is 0 Å². The quantitative estimate of drug-likeness (QED) is 0.473. The van der Waals surface area contributed by atoms with Crippen LogP contribution in [0.15, 0.2) is 22.3 Å². The number of hydrogen-bond donors (Lipinski definition) is 0. The monoisotopic (exact) mass is 236 g/mol. The summed E-state index contributed by atoms with van der Waals surface area (Å²) in [6.45, 7) is 11.6. The Hall–Kier alpha value is -0.130. The van der Waals surface area contributed by atoms with E-state index in [4.69, 9.17) is 4.52 Å². The molecule has 0 N–H and O–H groups in total. The van der Waals surface area contributed by atoms with E-state index in [0.29, 0.717) is 5.34 Å². The van der Waals surface area contributed by atoms with Gasteiger partial charge >= 0.3 is 0 Å². The molecule has 0 aromatic heterocycles. The Labute approximate surface area is 99.8 Å². The predicted octanol–water partition coefficient (Wildman–Crippen LogP) is 4.74. The average molecular weight is 236 g/mol. The first-order valence-electron chi connectivity index (χ1n) is 6.29. The summed E-state index contributed by atoms with van der Waals surface area (Å²) in [6, 6.07) is 0. The molecule has 1 aliphatic heterocycles. The number of rotatable bonds is 1. The van der Waals surface area contributed by atoms with Crippen LogP contribution in [0.25, 0.3) is 0 Å². The molecule has 1 atom stereocenters. The summed E-state index contributed by atoms with van der Waals surface area (Å²) in [6.07, 6.45) is 4.00. The van der Waals surface area contributed by atoms with Crippen molar-refractivity contribution >= 4 is 8.15 Å². The molecular formula is C14H21OP. The summed E-state index contributed by atoms with van der Waals surface area (Å²) < 4.78 is 6.16. The van der Waals surface area contributed by atoms with Crippen LogP contribution < -0.4 is 0 Å². The lowest BCUT2D eigenvalue weighted by Gasteiger charge is -2.31. The van der Waals surface area contributed by atoms with Crippen molar-refractivity contribution in [3.63, 3.8) is 0 Å². The molecule has 0 radical (unpaired) electrons. The molecule has 88 valence electrons. The number of hydrogen-bond acceptors (Lipinski definition) is 1. The second kappa shape index (κ2) is 3.00. The van der Waals surface area contributed by atoms with Crippen LogP contribution >= 0.6 is 8.15 Å². The second-order valence-electron chi connectivity index (χ2n) is 5.76. The molecule has 16 heavy (non-hydrogen) atoms. The van der Waals surface area contributed by atoms with Crippen LogP contribution in [-0.2, 0) is 4.52 Å². The van der Waals surface area contributed by atoms with Crippen LogP contribution in [0.1, 0.15) is 53.9 Å². The Bertz CT molecular complexity index is 402. The zero-order valence-corrected chi connectivity index (χ0v) is 11.9. The third-order valence-corrected chi connectivity index (χ3v) is 8.42. The van der Waals surface area contributed by atoms with Crippen LogP contribution in [0.5, 0.6) is 0 Å². The molecule has 1 saturated heterocycles. The molecule has 0 bridgehead atoms. The maximum absolute atomic E-state index is 6.16. The van der Waals surface area contributed by atoms with Gasteiger partial charge in [0.05, 0.1) is 13.3 Å². The molecule has 1 spiro atoms. The van der Waals surface area contributed by atoms with E-state index in [0.717, 1.165) is 0 Å². The standard InChI is InChI=1S/C14H21OP/c1-9-10(2)12(4)13(5,11(9)3)16-14(15-16)7-6-8-14/h6-8H2,1-5H3. The van der Waals surface area contributed by atoms with Crippen LogP contribution in [0.3, 0.4) is 0 Å². The van der Waals surface area contributed by atoms with Crippen molar-refractivity contribution in [3.8, 4) is 0 Å². The molecule has 1 unspecified atom stereocenters. The topological polar surface area (TPSA) is 12.5 Å². The smallest absolute Gasteiger partial charge is 0.117 e. The minimum absolute atomic E-state index is 0.240. The van der Waals surface area contributed by atoms with Gasteiger partial charge in [0, 0.05) is 0 Å².